The van der Waals surface area contributed by atoms with Crippen molar-refractivity contribution in [1.82, 2.24) is 14.8 Å². The summed E-state index contributed by atoms with van der Waals surface area (Å²) in [6, 6.07) is 11.7. The van der Waals surface area contributed by atoms with Crippen molar-refractivity contribution in [3.63, 3.8) is 0 Å². The van der Waals surface area contributed by atoms with Crippen LogP contribution in [0.5, 0.6) is 0 Å². The third kappa shape index (κ3) is 3.75. The van der Waals surface area contributed by atoms with Crippen LogP contribution in [-0.4, -0.2) is 26.3 Å². The van der Waals surface area contributed by atoms with Gasteiger partial charge in [-0.2, -0.15) is 0 Å². The third-order valence-corrected chi connectivity index (χ3v) is 5.57. The Hall–Kier alpha value is -2.34. The number of hydrogen-bond acceptors (Lipinski definition) is 5. The molecule has 3 aromatic rings. The number of carbonyl (C=O) groups is 1. The lowest BCUT2D eigenvalue weighted by Gasteiger charge is -2.08. The van der Waals surface area contributed by atoms with E-state index in [4.69, 9.17) is 4.42 Å². The van der Waals surface area contributed by atoms with Gasteiger partial charge in [0.1, 0.15) is 11.6 Å². The van der Waals surface area contributed by atoms with Gasteiger partial charge in [0.05, 0.1) is 18.6 Å². The fourth-order valence-corrected chi connectivity index (χ4v) is 3.74. The van der Waals surface area contributed by atoms with E-state index in [0.717, 1.165) is 41.6 Å². The second-order valence-electron chi connectivity index (χ2n) is 6.54. The van der Waals surface area contributed by atoms with Gasteiger partial charge in [-0.1, -0.05) is 43.0 Å². The molecular weight excluding hydrogens is 346 g/mol. The Kier molecular flexibility index (Phi) is 4.93. The number of Topliss-reactive ketones (excluding diaryl/α,β-unsaturated/α-hetero) is 1. The van der Waals surface area contributed by atoms with Gasteiger partial charge in [0, 0.05) is 11.5 Å². The van der Waals surface area contributed by atoms with Crippen LogP contribution in [-0.2, 0) is 13.0 Å². The molecule has 6 heteroatoms. The van der Waals surface area contributed by atoms with Gasteiger partial charge in [0.15, 0.2) is 10.9 Å². The number of benzene rings is 1. The van der Waals surface area contributed by atoms with E-state index in [9.17, 15) is 4.79 Å². The molecule has 2 heterocycles. The molecular formula is C20H21N3O2S. The average molecular weight is 367 g/mol. The quantitative estimate of drug-likeness (QED) is 0.438. The van der Waals surface area contributed by atoms with Gasteiger partial charge in [-0.25, -0.2) is 0 Å². The number of nitrogens with zero attached hydrogens (tertiary/aromatic N) is 3. The van der Waals surface area contributed by atoms with Gasteiger partial charge in [-0.15, -0.1) is 10.2 Å². The predicted molar refractivity (Wildman–Crippen MR) is 101 cm³/mol. The van der Waals surface area contributed by atoms with Crippen molar-refractivity contribution in [2.24, 2.45) is 0 Å². The molecule has 1 fully saturated rings. The van der Waals surface area contributed by atoms with Crippen LogP contribution in [0.25, 0.3) is 0 Å². The van der Waals surface area contributed by atoms with Crippen LogP contribution in [0, 0.1) is 0 Å². The Bertz CT molecular complexity index is 880. The summed E-state index contributed by atoms with van der Waals surface area (Å²) in [5, 5.41) is 9.48. The van der Waals surface area contributed by atoms with Gasteiger partial charge >= 0.3 is 0 Å². The maximum Gasteiger partial charge on any atom is 0.192 e. The predicted octanol–water partition coefficient (Wildman–Crippen LogP) is 4.33. The van der Waals surface area contributed by atoms with E-state index in [2.05, 4.69) is 21.7 Å². The summed E-state index contributed by atoms with van der Waals surface area (Å²) >= 11 is 1.45. The Morgan fingerprint density at radius 1 is 1.23 bits per heavy atom. The smallest absolute Gasteiger partial charge is 0.192 e. The Balaban J connectivity index is 1.47. The highest BCUT2D eigenvalue weighted by Gasteiger charge is 2.30. The molecule has 0 amide bonds. The minimum Gasteiger partial charge on any atom is -0.467 e. The zero-order valence-corrected chi connectivity index (χ0v) is 15.5. The zero-order chi connectivity index (χ0) is 17.9. The number of carbonyl (C=O) groups excluding carboxylic acids is 1. The lowest BCUT2D eigenvalue weighted by atomic mass is 10.1. The largest absolute Gasteiger partial charge is 0.467 e. The molecule has 1 aliphatic carbocycles. The molecule has 4 rings (SSSR count). The Morgan fingerprint density at radius 3 is 2.69 bits per heavy atom. The molecule has 26 heavy (non-hydrogen) atoms. The molecule has 0 radical (unpaired) electrons. The number of thioether (sulfide) groups is 1. The second-order valence-corrected chi connectivity index (χ2v) is 7.49. The monoisotopic (exact) mass is 367 g/mol. The first-order chi connectivity index (χ1) is 12.7. The summed E-state index contributed by atoms with van der Waals surface area (Å²) in [5.74, 6) is 2.83. The summed E-state index contributed by atoms with van der Waals surface area (Å²) in [5.41, 5.74) is 1.98. The number of aryl methyl sites for hydroxylation is 1. The number of hydrogen-bond donors (Lipinski definition) is 0. The van der Waals surface area contributed by atoms with E-state index in [1.807, 2.05) is 36.4 Å². The Labute approximate surface area is 156 Å². The highest BCUT2D eigenvalue weighted by atomic mass is 32.2. The molecule has 1 aliphatic rings. The van der Waals surface area contributed by atoms with E-state index >= 15 is 0 Å². The molecule has 1 saturated carbocycles. The van der Waals surface area contributed by atoms with Crippen molar-refractivity contribution in [2.75, 3.05) is 5.75 Å². The first-order valence-electron chi connectivity index (χ1n) is 8.95. The molecule has 134 valence electrons. The topological polar surface area (TPSA) is 60.9 Å². The lowest BCUT2D eigenvalue weighted by molar-refractivity contribution is 0.102. The first kappa shape index (κ1) is 17.1. The van der Waals surface area contributed by atoms with Gasteiger partial charge < -0.3 is 4.42 Å². The Morgan fingerprint density at radius 2 is 2.04 bits per heavy atom. The highest BCUT2D eigenvalue weighted by molar-refractivity contribution is 7.99. The van der Waals surface area contributed by atoms with E-state index in [-0.39, 0.29) is 5.78 Å². The van der Waals surface area contributed by atoms with Crippen LogP contribution in [0.4, 0.5) is 0 Å². The minimum atomic E-state index is 0.109. The van der Waals surface area contributed by atoms with Gasteiger partial charge in [0.25, 0.3) is 0 Å². The maximum absolute atomic E-state index is 12.5. The molecule has 0 spiro atoms. The molecule has 0 unspecified atom stereocenters. The molecule has 2 aromatic heterocycles. The van der Waals surface area contributed by atoms with E-state index in [0.29, 0.717) is 18.2 Å². The molecule has 0 aliphatic heterocycles. The maximum atomic E-state index is 12.5. The fourth-order valence-electron chi connectivity index (χ4n) is 2.90. The van der Waals surface area contributed by atoms with Crippen LogP contribution >= 0.6 is 11.8 Å². The molecule has 5 nitrogen and oxygen atoms in total. The summed E-state index contributed by atoms with van der Waals surface area (Å²) in [6.07, 6.45) is 4.96. The summed E-state index contributed by atoms with van der Waals surface area (Å²) < 4.78 is 7.57. The van der Waals surface area contributed by atoms with Crippen LogP contribution in [0.15, 0.2) is 52.2 Å². The van der Waals surface area contributed by atoms with Crippen LogP contribution in [0.1, 0.15) is 53.2 Å². The second kappa shape index (κ2) is 7.50. The van der Waals surface area contributed by atoms with Crippen molar-refractivity contribution in [2.45, 2.75) is 43.8 Å². The molecule has 0 bridgehead atoms. The first-order valence-corrected chi connectivity index (χ1v) is 9.93. The van der Waals surface area contributed by atoms with Crippen molar-refractivity contribution < 1.29 is 9.21 Å². The zero-order valence-electron chi connectivity index (χ0n) is 14.7. The molecule has 0 saturated heterocycles. The van der Waals surface area contributed by atoms with Crippen molar-refractivity contribution >= 4 is 17.5 Å². The number of furan rings is 1. The van der Waals surface area contributed by atoms with Gasteiger partial charge in [-0.05, 0) is 37.0 Å². The third-order valence-electron chi connectivity index (χ3n) is 4.60. The van der Waals surface area contributed by atoms with Crippen LogP contribution < -0.4 is 0 Å². The van der Waals surface area contributed by atoms with Crippen LogP contribution in [0.2, 0.25) is 0 Å². The van der Waals surface area contributed by atoms with Crippen molar-refractivity contribution in [1.29, 1.82) is 0 Å². The van der Waals surface area contributed by atoms with E-state index in [1.165, 1.54) is 17.3 Å². The summed E-state index contributed by atoms with van der Waals surface area (Å²) in [6.45, 7) is 2.71. The van der Waals surface area contributed by atoms with E-state index < -0.39 is 0 Å². The number of aromatic nitrogens is 3. The SMILES string of the molecule is CCc1ccc(C(=O)CSc2nnc(C3CC3)n2Cc2ccco2)cc1. The van der Waals surface area contributed by atoms with Gasteiger partial charge in [-0.3, -0.25) is 9.36 Å². The molecule has 0 N–H and O–H groups in total. The minimum absolute atomic E-state index is 0.109. The fraction of sp³-hybridized carbons (Fsp3) is 0.350. The van der Waals surface area contributed by atoms with Crippen molar-refractivity contribution in [3.8, 4) is 0 Å². The van der Waals surface area contributed by atoms with Gasteiger partial charge in [0.2, 0.25) is 0 Å². The number of ketones is 1. The highest BCUT2D eigenvalue weighted by Crippen LogP contribution is 2.40. The number of rotatable bonds is 8. The lowest BCUT2D eigenvalue weighted by Crippen LogP contribution is -2.08. The van der Waals surface area contributed by atoms with Crippen molar-refractivity contribution in [3.05, 3.63) is 65.4 Å². The standard InChI is InChI=1S/C20H21N3O2S/c1-2-14-5-7-15(8-6-14)18(24)13-26-20-22-21-19(16-9-10-16)23(20)12-17-4-3-11-25-17/h3-8,11,16H,2,9-10,12-13H2,1H3. The average Bonchev–Trinajstić information content (AvgIpc) is 3.24. The molecule has 0 atom stereocenters. The molecule has 1 aromatic carbocycles. The normalized spacial score (nSPS) is 13.9. The summed E-state index contributed by atoms with van der Waals surface area (Å²) in [4.78, 5) is 12.5. The summed E-state index contributed by atoms with van der Waals surface area (Å²) in [7, 11) is 0. The van der Waals surface area contributed by atoms with E-state index in [1.54, 1.807) is 6.26 Å². The van der Waals surface area contributed by atoms with Crippen LogP contribution in [0.3, 0.4) is 0 Å².